The van der Waals surface area contributed by atoms with E-state index in [1.807, 2.05) is 200 Å². The lowest BCUT2D eigenvalue weighted by Gasteiger charge is -2.46. The molecule has 23 rings (SSSR count). The van der Waals surface area contributed by atoms with Crippen LogP contribution in [0.25, 0.3) is 160 Å². The Bertz CT molecular complexity index is 8460. The number of fused-ring (bicyclic) bond motifs is 19. The van der Waals surface area contributed by atoms with Crippen molar-refractivity contribution in [3.63, 3.8) is 0 Å². The number of nitrogens with zero attached hydrogens (tertiary/aromatic N) is 6. The molecule has 0 amide bonds. The Morgan fingerprint density at radius 2 is 0.937 bits per heavy atom. The first-order valence-corrected chi connectivity index (χ1v) is 36.9. The first-order valence-electron chi connectivity index (χ1n) is 44.9. The molecule has 2 aliphatic rings. The van der Waals surface area contributed by atoms with Gasteiger partial charge in [0.05, 0.1) is 91.0 Å². The quantitative estimate of drug-likeness (QED) is 0.142. The Labute approximate surface area is 662 Å². The van der Waals surface area contributed by atoms with E-state index in [9.17, 15) is 25.8 Å². The third-order valence-corrected chi connectivity index (χ3v) is 22.8. The molecule has 0 radical (unpaired) electrons. The van der Waals surface area contributed by atoms with Gasteiger partial charge in [0.2, 0.25) is 0 Å². The molecule has 8 nitrogen and oxygen atoms in total. The average Bonchev–Trinajstić information content (AvgIpc) is 1.56. The Kier molecular flexibility index (Phi) is 10.4. The van der Waals surface area contributed by atoms with E-state index in [1.165, 1.54) is 4.57 Å². The number of nitriles is 1. The number of aryl methyl sites for hydroxylation is 1. The lowest BCUT2D eigenvalue weighted by atomic mass is 9.33. The summed E-state index contributed by atoms with van der Waals surface area (Å²) in [6, 6.07) is 77.1. The van der Waals surface area contributed by atoms with Crippen molar-refractivity contribution in [1.82, 2.24) is 13.7 Å². The van der Waals surface area contributed by atoms with Gasteiger partial charge in [-0.2, -0.15) is 5.26 Å². The van der Waals surface area contributed by atoms with Crippen LogP contribution in [0, 0.1) is 18.2 Å². The third kappa shape index (κ3) is 9.16. The molecule has 0 N–H and O–H groups in total. The average molecular weight is 1440 g/mol. The number of benzene rings is 16. The fourth-order valence-electron chi connectivity index (χ4n) is 18.0. The minimum atomic E-state index is -2.81. The molecule has 0 saturated heterocycles. The third-order valence-electron chi connectivity index (χ3n) is 22.8. The highest BCUT2D eigenvalue weighted by Crippen LogP contribution is 2.56. The number of furan rings is 2. The molecular formula is C102H67BN6O2. The molecule has 7 heterocycles. The summed E-state index contributed by atoms with van der Waals surface area (Å²) >= 11 is 0. The predicted octanol–water partition coefficient (Wildman–Crippen LogP) is 25.3. The van der Waals surface area contributed by atoms with Crippen LogP contribution in [0.3, 0.4) is 0 Å². The fraction of sp³-hybridized carbons (Fsp3) is 0.0490. The van der Waals surface area contributed by atoms with Crippen molar-refractivity contribution in [2.45, 2.75) is 33.0 Å². The highest BCUT2D eigenvalue weighted by Gasteiger charge is 2.47. The Hall–Kier alpha value is -14.3. The summed E-state index contributed by atoms with van der Waals surface area (Å²) in [5, 5.41) is 17.0. The van der Waals surface area contributed by atoms with Gasteiger partial charge in [-0.25, -0.2) is 0 Å². The fourth-order valence-corrected chi connectivity index (χ4v) is 18.0. The minimum absolute atomic E-state index is 0.0453. The molecule has 0 unspecified atom stereocenters. The minimum Gasteiger partial charge on any atom is -0.456 e. The molecule has 5 aromatic heterocycles. The van der Waals surface area contributed by atoms with Crippen LogP contribution in [0.4, 0.5) is 34.1 Å². The van der Waals surface area contributed by atoms with Crippen LogP contribution in [0.15, 0.2) is 342 Å². The van der Waals surface area contributed by atoms with Gasteiger partial charge < -0.3 is 32.3 Å². The summed E-state index contributed by atoms with van der Waals surface area (Å²) in [6.07, 6.45) is 0. The maximum Gasteiger partial charge on any atom is 0.252 e. The Balaban J connectivity index is 0.978. The van der Waals surface area contributed by atoms with Crippen LogP contribution in [0.1, 0.15) is 59.4 Å². The molecule has 0 atom stereocenters. The van der Waals surface area contributed by atoms with Crippen molar-refractivity contribution in [3.8, 4) is 56.5 Å². The van der Waals surface area contributed by atoms with Gasteiger partial charge in [-0.15, -0.1) is 0 Å². The van der Waals surface area contributed by atoms with Gasteiger partial charge in [0.25, 0.3) is 6.71 Å². The van der Waals surface area contributed by atoms with E-state index < -0.39 is 97.5 Å². The summed E-state index contributed by atoms with van der Waals surface area (Å²) in [6.45, 7) is 2.59. The van der Waals surface area contributed by atoms with Crippen LogP contribution in [0.2, 0.25) is 0 Å². The second kappa shape index (κ2) is 23.6. The first-order chi connectivity index (χ1) is 61.2. The summed E-state index contributed by atoms with van der Waals surface area (Å²) in [4.78, 5) is 4.30. The molecule has 111 heavy (non-hydrogen) atoms. The zero-order valence-electron chi connectivity index (χ0n) is 75.8. The lowest BCUT2D eigenvalue weighted by Crippen LogP contribution is -2.61. The molecule has 16 aromatic carbocycles. The van der Waals surface area contributed by atoms with E-state index in [1.54, 1.807) is 24.3 Å². The van der Waals surface area contributed by atoms with Crippen LogP contribution in [-0.4, -0.2) is 20.4 Å². The zero-order chi connectivity index (χ0) is 87.5. The molecule has 2 aliphatic heterocycles. The van der Waals surface area contributed by atoms with Crippen LogP contribution < -0.4 is 26.2 Å². The Morgan fingerprint density at radius 1 is 0.360 bits per heavy atom. The maximum atomic E-state index is 10.8. The van der Waals surface area contributed by atoms with E-state index in [2.05, 4.69) is 76.1 Å². The van der Waals surface area contributed by atoms with Gasteiger partial charge in [0.1, 0.15) is 22.3 Å². The van der Waals surface area contributed by atoms with Crippen LogP contribution >= 0.6 is 0 Å². The summed E-state index contributed by atoms with van der Waals surface area (Å²) in [5.74, 6) is 0. The number of hydrogen-bond acceptors (Lipinski definition) is 5. The molecule has 0 aliphatic carbocycles. The zero-order valence-corrected chi connectivity index (χ0v) is 59.8. The summed E-state index contributed by atoms with van der Waals surface area (Å²) in [7, 11) is 0. The number of hydrogen-bond donors (Lipinski definition) is 0. The van der Waals surface area contributed by atoms with Gasteiger partial charge in [-0.05, 0) is 172 Å². The molecule has 520 valence electrons. The van der Waals surface area contributed by atoms with Crippen molar-refractivity contribution >= 4 is 167 Å². The maximum absolute atomic E-state index is 10.8. The normalized spacial score (nSPS) is 15.0. The monoisotopic (exact) mass is 1430 g/mol. The molecular weight excluding hydrogens is 1350 g/mol. The van der Waals surface area contributed by atoms with Crippen molar-refractivity contribution in [3.05, 3.63) is 350 Å². The molecule has 0 saturated carbocycles. The summed E-state index contributed by atoms with van der Waals surface area (Å²) < 4.78 is 175. The number of para-hydroxylation sites is 9. The largest absolute Gasteiger partial charge is 0.456 e. The Morgan fingerprint density at radius 3 is 1.64 bits per heavy atom. The number of aromatic nitrogens is 3. The molecule has 0 fully saturated rings. The second-order valence-corrected chi connectivity index (χ2v) is 29.8. The van der Waals surface area contributed by atoms with E-state index in [0.29, 0.717) is 123 Å². The van der Waals surface area contributed by atoms with E-state index in [0.717, 1.165) is 59.7 Å². The standard InChI is InChI=1S/C102H67BN6O2/c1-61-52-79(65-45-48-75-73-31-13-20-42-95(73)110-97(75)56-65)100(94(53-61)107-85-38-17-10-28-70(85)71-29-11-18-39-86(71)107)108-89-51-46-64(63-24-6-5-7-25-63)55-82(89)103-81-49-47-66(102(2,3)4)57-91(81)109(93-59-67(58-92(108)98(93)103)105-83-36-15-8-26-68(83)69-27-9-16-37-84(69)105)99-76(78-35-22-34-77-74-32-14-21-43-96(74)111-101(77)78)33-23-41-90(99)106-87-40-19-12-30-72(87)80-54-62(60-104)44-50-88(80)106/h5-59H,1-4H3/i1D3,5D,6D,7D,8D,9D,15D,16D,24D,25D,26D,27D,36D,37D. The summed E-state index contributed by atoms with van der Waals surface area (Å²) in [5.41, 5.74) is 13.4. The molecule has 21 aromatic rings. The van der Waals surface area contributed by atoms with Crippen LogP contribution in [-0.2, 0) is 5.41 Å². The van der Waals surface area contributed by atoms with Crippen molar-refractivity contribution < 1.29 is 30.8 Å². The van der Waals surface area contributed by atoms with Gasteiger partial charge in [-0.1, -0.05) is 239 Å². The highest BCUT2D eigenvalue weighted by molar-refractivity contribution is 7.00. The highest BCUT2D eigenvalue weighted by atomic mass is 16.3. The van der Waals surface area contributed by atoms with Gasteiger partial charge in [0.15, 0.2) is 0 Å². The number of anilines is 6. The molecule has 0 spiro atoms. The van der Waals surface area contributed by atoms with E-state index in [4.69, 9.17) is 10.2 Å². The first kappa shape index (κ1) is 48.8. The smallest absolute Gasteiger partial charge is 0.252 e. The second-order valence-electron chi connectivity index (χ2n) is 29.8. The van der Waals surface area contributed by atoms with Gasteiger partial charge >= 0.3 is 0 Å². The topological polar surface area (TPSA) is 71.3 Å². The van der Waals surface area contributed by atoms with E-state index in [-0.39, 0.29) is 44.2 Å². The lowest BCUT2D eigenvalue weighted by molar-refractivity contribution is 0.590. The van der Waals surface area contributed by atoms with Crippen molar-refractivity contribution in [1.29, 1.82) is 5.26 Å². The number of rotatable bonds is 8. The van der Waals surface area contributed by atoms with Gasteiger partial charge in [-0.3, -0.25) is 0 Å². The van der Waals surface area contributed by atoms with Crippen molar-refractivity contribution in [2.24, 2.45) is 0 Å². The molecule has 9 heteroatoms. The SMILES string of the molecule is [2H]c1c([2H])c([2H])c(-c2ccc3c(c2)B2c4ccc(C(C)(C)C)cc4N(c4c(-c5cccc6c5oc5ccccc56)cccc4-n4c5ccccc5c5cc(C#N)ccc54)c4cc(-n5c6c([2H])c([2H])c([2H])c([2H])c6c6c([2H])c([2H])c([2H])c([2H])c65)cc(c42)N3c2c(-c3ccc4c(c3)oc3ccccc34)cc(C([2H])([2H])[2H])cc2-n2c3ccccc3c3ccccc32)c([2H])c1[2H]. The van der Waals surface area contributed by atoms with Crippen molar-refractivity contribution in [2.75, 3.05) is 9.80 Å². The predicted molar refractivity (Wildman–Crippen MR) is 462 cm³/mol. The van der Waals surface area contributed by atoms with E-state index >= 15 is 0 Å². The molecule has 0 bridgehead atoms. The van der Waals surface area contributed by atoms with Crippen LogP contribution in [0.5, 0.6) is 0 Å². The van der Waals surface area contributed by atoms with Gasteiger partial charge in [0, 0.05) is 97.4 Å².